The second-order valence-electron chi connectivity index (χ2n) is 11.6. The molecule has 3 heterocycles. The van der Waals surface area contributed by atoms with Crippen molar-refractivity contribution in [2.24, 2.45) is 0 Å². The second-order valence-corrected chi connectivity index (χ2v) is 11.6. The summed E-state index contributed by atoms with van der Waals surface area (Å²) in [5.41, 5.74) is 3.13. The third-order valence-corrected chi connectivity index (χ3v) is 8.65. The number of nitrogens with zero attached hydrogens (tertiary/aromatic N) is 4. The van der Waals surface area contributed by atoms with Gasteiger partial charge in [0.25, 0.3) is 5.56 Å². The van der Waals surface area contributed by atoms with Crippen LogP contribution < -0.4 is 20.9 Å². The Bertz CT molecular complexity index is 1440. The lowest BCUT2D eigenvalue weighted by atomic mass is 10.0. The Morgan fingerprint density at radius 2 is 1.90 bits per heavy atom. The number of rotatable bonds is 11. The summed E-state index contributed by atoms with van der Waals surface area (Å²) in [6.07, 6.45) is 9.09. The normalized spacial score (nSPS) is 16.5. The molecule has 2 aliphatic rings. The highest BCUT2D eigenvalue weighted by molar-refractivity contribution is 5.99. The van der Waals surface area contributed by atoms with E-state index in [0.29, 0.717) is 29.8 Å². The summed E-state index contributed by atoms with van der Waals surface area (Å²) in [4.78, 5) is 37.9. The maximum absolute atomic E-state index is 13.5. The van der Waals surface area contributed by atoms with Gasteiger partial charge in [-0.25, -0.2) is 4.98 Å². The fourth-order valence-corrected chi connectivity index (χ4v) is 6.57. The number of carbonyl (C=O) groups is 1. The van der Waals surface area contributed by atoms with E-state index in [1.54, 1.807) is 10.8 Å². The number of hydrogen-bond acceptors (Lipinski definition) is 8. The van der Waals surface area contributed by atoms with Gasteiger partial charge < -0.3 is 20.3 Å². The Morgan fingerprint density at radius 1 is 1.15 bits per heavy atom. The quantitative estimate of drug-likeness (QED) is 0.240. The number of aryl methyl sites for hydroxylation is 2. The molecule has 0 unspecified atom stereocenters. The van der Waals surface area contributed by atoms with Crippen LogP contribution in [0.25, 0.3) is 11.0 Å². The van der Waals surface area contributed by atoms with Crippen molar-refractivity contribution in [2.45, 2.75) is 84.7 Å². The fourth-order valence-electron chi connectivity index (χ4n) is 6.57. The van der Waals surface area contributed by atoms with Gasteiger partial charge in [0.15, 0.2) is 5.78 Å². The first-order valence-electron chi connectivity index (χ1n) is 15.2. The van der Waals surface area contributed by atoms with E-state index in [1.165, 1.54) is 19.8 Å². The molecule has 2 fully saturated rings. The summed E-state index contributed by atoms with van der Waals surface area (Å²) in [6.45, 7) is 12.5. The largest absolute Gasteiger partial charge is 0.493 e. The van der Waals surface area contributed by atoms with Gasteiger partial charge in [0.1, 0.15) is 11.4 Å². The molecule has 0 spiro atoms. The number of Topliss-reactive ketones (excluding diaryl/α,β-unsaturated/α-hetero) is 1. The number of ether oxygens (including phenoxy) is 1. The van der Waals surface area contributed by atoms with Crippen LogP contribution in [0.1, 0.15) is 86.3 Å². The van der Waals surface area contributed by atoms with Gasteiger partial charge in [-0.1, -0.05) is 19.8 Å². The van der Waals surface area contributed by atoms with Gasteiger partial charge in [0.05, 0.1) is 12.2 Å². The highest BCUT2D eigenvalue weighted by atomic mass is 16.5. The molecule has 1 aliphatic heterocycles. The average molecular weight is 561 g/mol. The van der Waals surface area contributed by atoms with Gasteiger partial charge in [0, 0.05) is 42.0 Å². The highest BCUT2D eigenvalue weighted by Gasteiger charge is 2.26. The third kappa shape index (κ3) is 6.62. The molecule has 0 radical (unpaired) electrons. The number of anilines is 2. The molecule has 1 saturated heterocycles. The van der Waals surface area contributed by atoms with E-state index in [1.807, 2.05) is 32.0 Å². The molecule has 41 heavy (non-hydrogen) atoms. The van der Waals surface area contributed by atoms with Gasteiger partial charge in [0.2, 0.25) is 5.95 Å². The van der Waals surface area contributed by atoms with E-state index in [-0.39, 0.29) is 22.9 Å². The maximum Gasteiger partial charge on any atom is 0.263 e. The molecule has 1 aliphatic carbocycles. The van der Waals surface area contributed by atoms with E-state index < -0.39 is 0 Å². The Kier molecular flexibility index (Phi) is 9.35. The number of aromatic nitrogens is 3. The number of carbonyl (C=O) groups excluding carboxylic acids is 1. The van der Waals surface area contributed by atoms with Crippen LogP contribution in [-0.4, -0.2) is 64.0 Å². The van der Waals surface area contributed by atoms with Crippen molar-refractivity contribution in [2.75, 3.05) is 38.1 Å². The number of benzene rings is 1. The molecular formula is C32H44N6O3. The minimum absolute atomic E-state index is 0.0452. The van der Waals surface area contributed by atoms with Crippen LogP contribution >= 0.6 is 0 Å². The lowest BCUT2D eigenvalue weighted by molar-refractivity contribution is 0.101. The van der Waals surface area contributed by atoms with E-state index >= 15 is 0 Å². The highest BCUT2D eigenvalue weighted by Crippen LogP contribution is 2.32. The van der Waals surface area contributed by atoms with Crippen LogP contribution in [0.2, 0.25) is 0 Å². The predicted molar refractivity (Wildman–Crippen MR) is 164 cm³/mol. The number of ketones is 1. The van der Waals surface area contributed by atoms with Gasteiger partial charge in [-0.15, -0.1) is 0 Å². The molecule has 0 atom stereocenters. The topological polar surface area (TPSA) is 101 Å². The standard InChI is InChI=1S/C32H44N6O3/c1-5-37(25-11-13-33-14-12-25)15-8-16-41-27-18-21(2)17-24(19-27)35-32-34-20-28-22(3)29(23(4)39)31(40)38(30(28)36-32)26-9-6-7-10-26/h17-20,25-26,33H,5-16H2,1-4H3,(H,34,35,36). The molecule has 2 aromatic heterocycles. The van der Waals surface area contributed by atoms with Crippen LogP contribution in [-0.2, 0) is 0 Å². The molecule has 9 heteroatoms. The first-order valence-corrected chi connectivity index (χ1v) is 15.2. The Hall–Kier alpha value is -3.30. The number of fused-ring (bicyclic) bond motifs is 1. The second kappa shape index (κ2) is 13.1. The van der Waals surface area contributed by atoms with Crippen molar-refractivity contribution in [1.29, 1.82) is 0 Å². The third-order valence-electron chi connectivity index (χ3n) is 8.65. The lowest BCUT2D eigenvalue weighted by Crippen LogP contribution is -2.43. The number of pyridine rings is 1. The molecule has 2 N–H and O–H groups in total. The fraction of sp³-hybridized carbons (Fsp3) is 0.562. The van der Waals surface area contributed by atoms with Crippen molar-refractivity contribution < 1.29 is 9.53 Å². The molecule has 0 bridgehead atoms. The molecule has 1 saturated carbocycles. The van der Waals surface area contributed by atoms with E-state index in [0.717, 1.165) is 80.7 Å². The zero-order valence-corrected chi connectivity index (χ0v) is 25.0. The Morgan fingerprint density at radius 3 is 2.61 bits per heavy atom. The summed E-state index contributed by atoms with van der Waals surface area (Å²) >= 11 is 0. The monoisotopic (exact) mass is 560 g/mol. The summed E-state index contributed by atoms with van der Waals surface area (Å²) in [6, 6.07) is 6.76. The van der Waals surface area contributed by atoms with E-state index in [4.69, 9.17) is 9.72 Å². The number of hydrogen-bond donors (Lipinski definition) is 2. The SMILES string of the molecule is CCN(CCCOc1cc(C)cc(Nc2ncc3c(C)c(C(C)=O)c(=O)n(C4CCCC4)c3n2)c1)C1CCNCC1. The van der Waals surface area contributed by atoms with Crippen molar-refractivity contribution in [1.82, 2.24) is 24.8 Å². The molecular weight excluding hydrogens is 516 g/mol. The first-order chi connectivity index (χ1) is 19.9. The number of nitrogens with one attached hydrogen (secondary N) is 2. The molecule has 0 amide bonds. The van der Waals surface area contributed by atoms with Gasteiger partial charge >= 0.3 is 0 Å². The van der Waals surface area contributed by atoms with Crippen molar-refractivity contribution in [3.05, 3.63) is 51.4 Å². The van der Waals surface area contributed by atoms with Crippen molar-refractivity contribution >= 4 is 28.5 Å². The molecule has 3 aromatic rings. The molecule has 1 aromatic carbocycles. The zero-order valence-electron chi connectivity index (χ0n) is 25.0. The van der Waals surface area contributed by atoms with E-state index in [2.05, 4.69) is 27.4 Å². The average Bonchev–Trinajstić information content (AvgIpc) is 3.48. The maximum atomic E-state index is 13.5. The van der Waals surface area contributed by atoms with Crippen LogP contribution in [0.4, 0.5) is 11.6 Å². The minimum Gasteiger partial charge on any atom is -0.493 e. The molecule has 220 valence electrons. The smallest absolute Gasteiger partial charge is 0.263 e. The van der Waals surface area contributed by atoms with E-state index in [9.17, 15) is 9.59 Å². The Labute approximate surface area is 242 Å². The zero-order chi connectivity index (χ0) is 28.9. The molecule has 9 nitrogen and oxygen atoms in total. The van der Waals surface area contributed by atoms with Crippen molar-refractivity contribution in [3.8, 4) is 5.75 Å². The van der Waals surface area contributed by atoms with Gasteiger partial charge in [-0.05, 0) is 95.8 Å². The van der Waals surface area contributed by atoms with Gasteiger partial charge in [-0.2, -0.15) is 4.98 Å². The minimum atomic E-state index is -0.243. The van der Waals surface area contributed by atoms with Crippen molar-refractivity contribution in [3.63, 3.8) is 0 Å². The summed E-state index contributed by atoms with van der Waals surface area (Å²) in [5.74, 6) is 1.00. The first kappa shape index (κ1) is 29.2. The summed E-state index contributed by atoms with van der Waals surface area (Å²) < 4.78 is 7.92. The van der Waals surface area contributed by atoms with Crippen LogP contribution in [0.3, 0.4) is 0 Å². The summed E-state index contributed by atoms with van der Waals surface area (Å²) in [5, 5.41) is 7.53. The van der Waals surface area contributed by atoms with Gasteiger partial charge in [-0.3, -0.25) is 14.2 Å². The van der Waals surface area contributed by atoms with Crippen LogP contribution in [0, 0.1) is 13.8 Å². The summed E-state index contributed by atoms with van der Waals surface area (Å²) in [7, 11) is 0. The number of piperidine rings is 1. The Balaban J connectivity index is 1.32. The van der Waals surface area contributed by atoms with Crippen LogP contribution in [0.5, 0.6) is 5.75 Å². The predicted octanol–water partition coefficient (Wildman–Crippen LogP) is 5.31. The lowest BCUT2D eigenvalue weighted by Gasteiger charge is -2.33. The molecule has 5 rings (SSSR count). The van der Waals surface area contributed by atoms with Crippen LogP contribution in [0.15, 0.2) is 29.2 Å².